The summed E-state index contributed by atoms with van der Waals surface area (Å²) < 4.78 is 5.27. The molecule has 0 radical (unpaired) electrons. The lowest BCUT2D eigenvalue weighted by molar-refractivity contribution is 0.406. The highest BCUT2D eigenvalue weighted by molar-refractivity contribution is 5.50. The lowest BCUT2D eigenvalue weighted by Gasteiger charge is -2.08. The molecule has 2 aromatic rings. The maximum absolute atomic E-state index is 5.27. The van der Waals surface area contributed by atoms with Crippen molar-refractivity contribution in [2.24, 2.45) is 0 Å². The number of hydrogen-bond acceptors (Lipinski definition) is 4. The van der Waals surface area contributed by atoms with E-state index in [1.807, 2.05) is 25.1 Å². The van der Waals surface area contributed by atoms with Crippen LogP contribution >= 0.6 is 0 Å². The summed E-state index contributed by atoms with van der Waals surface area (Å²) in [5.41, 5.74) is 1.84. The Kier molecular flexibility index (Phi) is 2.14. The highest BCUT2D eigenvalue weighted by Gasteiger charge is 2.08. The van der Waals surface area contributed by atoms with Gasteiger partial charge in [0, 0.05) is 0 Å². The third-order valence-electron chi connectivity index (χ3n) is 1.96. The first-order valence-corrected chi connectivity index (χ1v) is 4.20. The molecule has 0 unspecified atom stereocenters. The summed E-state index contributed by atoms with van der Waals surface area (Å²) in [6.07, 6.45) is 1.39. The van der Waals surface area contributed by atoms with Crippen LogP contribution in [0.4, 0.5) is 0 Å². The molecular weight excluding hydrogens is 180 g/mol. The van der Waals surface area contributed by atoms with Gasteiger partial charge in [0.1, 0.15) is 11.4 Å². The van der Waals surface area contributed by atoms with Crippen LogP contribution in [0.5, 0.6) is 5.75 Å². The van der Waals surface area contributed by atoms with E-state index in [0.717, 1.165) is 17.0 Å². The molecule has 1 aromatic carbocycles. The van der Waals surface area contributed by atoms with E-state index in [4.69, 9.17) is 4.74 Å². The summed E-state index contributed by atoms with van der Waals surface area (Å²) >= 11 is 0. The Balaban J connectivity index is 2.58. The van der Waals surface area contributed by atoms with Gasteiger partial charge in [-0.2, -0.15) is 0 Å². The van der Waals surface area contributed by atoms with E-state index in [1.54, 1.807) is 7.11 Å². The molecule has 0 amide bonds. The molecule has 0 saturated heterocycles. The second-order valence-electron chi connectivity index (χ2n) is 2.85. The predicted molar refractivity (Wildman–Crippen MR) is 50.4 cm³/mol. The highest BCUT2D eigenvalue weighted by Crippen LogP contribution is 2.24. The van der Waals surface area contributed by atoms with Crippen LogP contribution in [0.2, 0.25) is 0 Å². The second-order valence-corrected chi connectivity index (χ2v) is 2.85. The fourth-order valence-electron chi connectivity index (χ4n) is 1.34. The number of ether oxygens (including phenoxy) is 1. The zero-order chi connectivity index (χ0) is 9.97. The molecule has 0 saturated carbocycles. The SMILES string of the molecule is COc1c(C)cccc1-n1ncnn1. The monoisotopic (exact) mass is 190 g/mol. The van der Waals surface area contributed by atoms with E-state index in [-0.39, 0.29) is 0 Å². The van der Waals surface area contributed by atoms with Crippen molar-refractivity contribution in [3.05, 3.63) is 30.1 Å². The number of para-hydroxylation sites is 1. The zero-order valence-corrected chi connectivity index (χ0v) is 8.01. The van der Waals surface area contributed by atoms with Crippen LogP contribution in [0.15, 0.2) is 24.5 Å². The van der Waals surface area contributed by atoms with E-state index in [2.05, 4.69) is 15.4 Å². The predicted octanol–water partition coefficient (Wildman–Crippen LogP) is 0.979. The number of nitrogens with zero attached hydrogens (tertiary/aromatic N) is 4. The average Bonchev–Trinajstić information content (AvgIpc) is 2.70. The van der Waals surface area contributed by atoms with Crippen molar-refractivity contribution in [3.63, 3.8) is 0 Å². The Bertz CT molecular complexity index is 424. The number of hydrogen-bond donors (Lipinski definition) is 0. The molecular formula is C9H10N4O. The number of aromatic nitrogens is 4. The number of rotatable bonds is 2. The summed E-state index contributed by atoms with van der Waals surface area (Å²) in [6, 6.07) is 5.78. The first kappa shape index (κ1) is 8.68. The highest BCUT2D eigenvalue weighted by atomic mass is 16.5. The Morgan fingerprint density at radius 3 is 2.86 bits per heavy atom. The molecule has 0 aliphatic carbocycles. The van der Waals surface area contributed by atoms with Gasteiger partial charge < -0.3 is 4.74 Å². The van der Waals surface area contributed by atoms with Crippen molar-refractivity contribution in [2.45, 2.75) is 6.92 Å². The first-order valence-electron chi connectivity index (χ1n) is 4.20. The Hall–Kier alpha value is -1.91. The van der Waals surface area contributed by atoms with E-state index in [9.17, 15) is 0 Å². The van der Waals surface area contributed by atoms with Crippen molar-refractivity contribution in [1.82, 2.24) is 20.2 Å². The number of tetrazole rings is 1. The molecule has 0 aliphatic heterocycles. The van der Waals surface area contributed by atoms with Crippen LogP contribution in [0, 0.1) is 6.92 Å². The molecule has 72 valence electrons. The maximum atomic E-state index is 5.27. The normalized spacial score (nSPS) is 10.1. The van der Waals surface area contributed by atoms with Gasteiger partial charge >= 0.3 is 0 Å². The molecule has 0 spiro atoms. The number of aryl methyl sites for hydroxylation is 1. The van der Waals surface area contributed by atoms with Crippen LogP contribution in [-0.2, 0) is 0 Å². The molecule has 5 heteroatoms. The van der Waals surface area contributed by atoms with Gasteiger partial charge in [0.2, 0.25) is 0 Å². The van der Waals surface area contributed by atoms with Crippen LogP contribution in [-0.4, -0.2) is 27.3 Å². The Morgan fingerprint density at radius 2 is 2.21 bits per heavy atom. The summed E-state index contributed by atoms with van der Waals surface area (Å²) in [5, 5.41) is 11.4. The topological polar surface area (TPSA) is 52.8 Å². The molecule has 0 bridgehead atoms. The minimum absolute atomic E-state index is 0.769. The average molecular weight is 190 g/mol. The van der Waals surface area contributed by atoms with E-state index in [1.165, 1.54) is 11.1 Å². The van der Waals surface area contributed by atoms with Gasteiger partial charge in [0.05, 0.1) is 7.11 Å². The molecule has 2 rings (SSSR count). The molecule has 1 heterocycles. The Labute approximate surface area is 81.3 Å². The minimum atomic E-state index is 0.769. The van der Waals surface area contributed by atoms with Crippen LogP contribution in [0.1, 0.15) is 5.56 Å². The third kappa shape index (κ3) is 1.32. The standard InChI is InChI=1S/C9H10N4O/c1-7-4-3-5-8(9(7)14-2)13-11-6-10-12-13/h3-6H,1-2H3. The fourth-order valence-corrected chi connectivity index (χ4v) is 1.34. The number of benzene rings is 1. The second kappa shape index (κ2) is 3.45. The van der Waals surface area contributed by atoms with Crippen molar-refractivity contribution in [3.8, 4) is 11.4 Å². The lowest BCUT2D eigenvalue weighted by atomic mass is 10.2. The molecule has 0 fully saturated rings. The van der Waals surface area contributed by atoms with Gasteiger partial charge in [-0.25, -0.2) is 0 Å². The largest absolute Gasteiger partial charge is 0.494 e. The van der Waals surface area contributed by atoms with Gasteiger partial charge in [-0.3, -0.25) is 0 Å². The first-order chi connectivity index (χ1) is 6.83. The van der Waals surface area contributed by atoms with Crippen molar-refractivity contribution in [2.75, 3.05) is 7.11 Å². The summed E-state index contributed by atoms with van der Waals surface area (Å²) in [5.74, 6) is 0.769. The van der Waals surface area contributed by atoms with Gasteiger partial charge in [0.25, 0.3) is 0 Å². The third-order valence-corrected chi connectivity index (χ3v) is 1.96. The van der Waals surface area contributed by atoms with E-state index < -0.39 is 0 Å². The number of methoxy groups -OCH3 is 1. The Morgan fingerprint density at radius 1 is 1.36 bits per heavy atom. The fraction of sp³-hybridized carbons (Fsp3) is 0.222. The summed E-state index contributed by atoms with van der Waals surface area (Å²) in [4.78, 5) is 1.44. The van der Waals surface area contributed by atoms with E-state index in [0.29, 0.717) is 0 Å². The van der Waals surface area contributed by atoms with Crippen LogP contribution in [0.3, 0.4) is 0 Å². The molecule has 5 nitrogen and oxygen atoms in total. The summed E-state index contributed by atoms with van der Waals surface area (Å²) in [6.45, 7) is 1.97. The van der Waals surface area contributed by atoms with Gasteiger partial charge in [-0.1, -0.05) is 12.1 Å². The lowest BCUT2D eigenvalue weighted by Crippen LogP contribution is -2.02. The summed E-state index contributed by atoms with van der Waals surface area (Å²) in [7, 11) is 1.63. The van der Waals surface area contributed by atoms with Gasteiger partial charge in [-0.15, -0.1) is 15.0 Å². The van der Waals surface area contributed by atoms with Crippen LogP contribution < -0.4 is 4.74 Å². The van der Waals surface area contributed by atoms with Crippen molar-refractivity contribution < 1.29 is 4.74 Å². The molecule has 0 aliphatic rings. The van der Waals surface area contributed by atoms with Crippen molar-refractivity contribution >= 4 is 0 Å². The van der Waals surface area contributed by atoms with E-state index >= 15 is 0 Å². The smallest absolute Gasteiger partial charge is 0.162 e. The molecule has 0 N–H and O–H groups in total. The zero-order valence-electron chi connectivity index (χ0n) is 8.01. The minimum Gasteiger partial charge on any atom is -0.494 e. The maximum Gasteiger partial charge on any atom is 0.162 e. The molecule has 14 heavy (non-hydrogen) atoms. The van der Waals surface area contributed by atoms with Gasteiger partial charge in [0.15, 0.2) is 6.33 Å². The molecule has 1 aromatic heterocycles. The molecule has 0 atom stereocenters. The van der Waals surface area contributed by atoms with Crippen molar-refractivity contribution in [1.29, 1.82) is 0 Å². The van der Waals surface area contributed by atoms with Gasteiger partial charge in [-0.05, 0) is 23.8 Å². The quantitative estimate of drug-likeness (QED) is 0.708. The van der Waals surface area contributed by atoms with Crippen LogP contribution in [0.25, 0.3) is 5.69 Å².